The quantitative estimate of drug-likeness (QED) is 0.301. The molecule has 0 amide bonds. The number of cyclic esters (lactones) is 1. The molecule has 1 aromatic carbocycles. The lowest BCUT2D eigenvalue weighted by Crippen LogP contribution is -2.46. The van der Waals surface area contributed by atoms with Crippen LogP contribution < -0.4 is 0 Å². The van der Waals surface area contributed by atoms with Crippen molar-refractivity contribution in [1.82, 2.24) is 4.98 Å². The van der Waals surface area contributed by atoms with E-state index < -0.39 is 35.6 Å². The number of aryl methyl sites for hydroxylation is 1. The number of thiazole rings is 1. The molecular weight excluding hydrogens is 502 g/mol. The number of hydrogen-bond acceptors (Lipinski definition) is 8. The zero-order valence-corrected chi connectivity index (χ0v) is 23.9. The van der Waals surface area contributed by atoms with Gasteiger partial charge in [-0.3, -0.25) is 9.59 Å². The van der Waals surface area contributed by atoms with Crippen LogP contribution in [0.2, 0.25) is 0 Å². The standard InChI is InChI=1S/C30H41NO6S/c1-7-9-20-27(34)17(2)10-8-13-30(6)25(37-30)15-22(19-11-12-23-21(14-19)31-18(3)38-23)36-26(33)16-24(32)29(4,5)28(20)35/h7,11-12,14,17,20,22,24-25,27,32,34H,1,8-10,13,15-16H2,2-6H3/t17-,20+,22?,24-,25?,27?,30+/m0/s1. The van der Waals surface area contributed by atoms with Crippen LogP contribution in [-0.2, 0) is 19.1 Å². The van der Waals surface area contributed by atoms with Gasteiger partial charge in [-0.15, -0.1) is 17.9 Å². The second-order valence-corrected chi connectivity index (χ2v) is 13.1. The first-order valence-corrected chi connectivity index (χ1v) is 14.4. The van der Waals surface area contributed by atoms with Crippen molar-refractivity contribution in [2.45, 2.75) is 103 Å². The van der Waals surface area contributed by atoms with E-state index in [4.69, 9.17) is 9.47 Å². The maximum absolute atomic E-state index is 13.6. The summed E-state index contributed by atoms with van der Waals surface area (Å²) < 4.78 is 13.2. The summed E-state index contributed by atoms with van der Waals surface area (Å²) in [6, 6.07) is 5.92. The van der Waals surface area contributed by atoms with Crippen LogP contribution in [0.3, 0.4) is 0 Å². The predicted octanol–water partition coefficient (Wildman–Crippen LogP) is 5.46. The monoisotopic (exact) mass is 543 g/mol. The molecule has 2 aliphatic rings. The Kier molecular flexibility index (Phi) is 8.48. The number of fused-ring (bicyclic) bond motifs is 2. The van der Waals surface area contributed by atoms with E-state index in [-0.39, 0.29) is 29.8 Å². The van der Waals surface area contributed by atoms with Crippen LogP contribution in [-0.4, -0.2) is 50.9 Å². The molecule has 7 atom stereocenters. The van der Waals surface area contributed by atoms with Gasteiger partial charge in [0, 0.05) is 12.3 Å². The number of nitrogens with zero attached hydrogens (tertiary/aromatic N) is 1. The summed E-state index contributed by atoms with van der Waals surface area (Å²) in [5, 5.41) is 23.2. The minimum absolute atomic E-state index is 0.0715. The Morgan fingerprint density at radius 2 is 1.97 bits per heavy atom. The maximum Gasteiger partial charge on any atom is 0.309 e. The van der Waals surface area contributed by atoms with Crippen molar-refractivity contribution in [1.29, 1.82) is 0 Å². The summed E-state index contributed by atoms with van der Waals surface area (Å²) in [4.78, 5) is 31.3. The van der Waals surface area contributed by atoms with E-state index in [0.29, 0.717) is 12.8 Å². The fourth-order valence-electron chi connectivity index (χ4n) is 5.70. The molecule has 0 spiro atoms. The fourth-order valence-corrected chi connectivity index (χ4v) is 6.51. The second kappa shape index (κ2) is 11.2. The van der Waals surface area contributed by atoms with E-state index in [2.05, 4.69) is 18.5 Å². The molecule has 0 radical (unpaired) electrons. The molecular formula is C30H41NO6S. The molecule has 2 aromatic rings. The van der Waals surface area contributed by atoms with Crippen LogP contribution in [0.15, 0.2) is 30.9 Å². The Hall–Kier alpha value is -2.13. The van der Waals surface area contributed by atoms with Crippen LogP contribution in [0, 0.1) is 24.2 Å². The molecule has 8 heteroatoms. The molecule has 208 valence electrons. The molecule has 38 heavy (non-hydrogen) atoms. The van der Waals surface area contributed by atoms with E-state index in [9.17, 15) is 19.8 Å². The van der Waals surface area contributed by atoms with Crippen LogP contribution in [0.5, 0.6) is 0 Å². The van der Waals surface area contributed by atoms with Gasteiger partial charge in [-0.05, 0) is 56.7 Å². The van der Waals surface area contributed by atoms with Gasteiger partial charge in [0.25, 0.3) is 0 Å². The summed E-state index contributed by atoms with van der Waals surface area (Å²) in [6.45, 7) is 13.0. The number of hydrogen-bond donors (Lipinski definition) is 2. The smallest absolute Gasteiger partial charge is 0.309 e. The molecule has 0 saturated carbocycles. The van der Waals surface area contributed by atoms with E-state index in [1.54, 1.807) is 31.3 Å². The number of ether oxygens (including phenoxy) is 2. The Morgan fingerprint density at radius 1 is 1.24 bits per heavy atom. The first-order valence-electron chi connectivity index (χ1n) is 13.6. The third-order valence-corrected chi connectivity index (χ3v) is 9.49. The van der Waals surface area contributed by atoms with Crippen molar-refractivity contribution in [3.63, 3.8) is 0 Å². The van der Waals surface area contributed by atoms with Crippen molar-refractivity contribution in [2.75, 3.05) is 0 Å². The molecule has 2 fully saturated rings. The van der Waals surface area contributed by atoms with Crippen molar-refractivity contribution in [3.05, 3.63) is 41.4 Å². The van der Waals surface area contributed by atoms with E-state index in [1.807, 2.05) is 32.0 Å². The Labute approximate surface area is 229 Å². The number of benzene rings is 1. The number of aliphatic hydroxyl groups excluding tert-OH is 2. The lowest BCUT2D eigenvalue weighted by molar-refractivity contribution is -0.156. The van der Waals surface area contributed by atoms with Gasteiger partial charge in [-0.25, -0.2) is 4.98 Å². The summed E-state index contributed by atoms with van der Waals surface area (Å²) in [7, 11) is 0. The first-order chi connectivity index (χ1) is 17.9. The van der Waals surface area contributed by atoms with Crippen LogP contribution in [0.1, 0.15) is 82.9 Å². The zero-order valence-electron chi connectivity index (χ0n) is 23.1. The van der Waals surface area contributed by atoms with Gasteiger partial charge in [0.1, 0.15) is 11.9 Å². The molecule has 7 nitrogen and oxygen atoms in total. The van der Waals surface area contributed by atoms with Gasteiger partial charge in [-0.1, -0.05) is 39.3 Å². The number of allylic oxidation sites excluding steroid dienone is 1. The van der Waals surface area contributed by atoms with Crippen LogP contribution >= 0.6 is 11.3 Å². The highest BCUT2D eigenvalue weighted by atomic mass is 32.1. The van der Waals surface area contributed by atoms with Crippen LogP contribution in [0.25, 0.3) is 10.2 Å². The lowest BCUT2D eigenvalue weighted by atomic mass is 9.71. The number of carbonyl (C=O) groups excluding carboxylic acids is 2. The molecule has 2 saturated heterocycles. The van der Waals surface area contributed by atoms with Gasteiger partial charge in [0.2, 0.25) is 0 Å². The van der Waals surface area contributed by atoms with Gasteiger partial charge in [0.15, 0.2) is 0 Å². The first kappa shape index (κ1) is 28.9. The molecule has 3 unspecified atom stereocenters. The number of epoxide rings is 1. The molecule has 0 bridgehead atoms. The minimum Gasteiger partial charge on any atom is -0.457 e. The topological polar surface area (TPSA) is 109 Å². The Balaban J connectivity index is 1.63. The molecule has 1 aromatic heterocycles. The number of esters is 1. The van der Waals surface area contributed by atoms with E-state index >= 15 is 0 Å². The predicted molar refractivity (Wildman–Crippen MR) is 148 cm³/mol. The third kappa shape index (κ3) is 6.03. The van der Waals surface area contributed by atoms with Gasteiger partial charge in [-0.2, -0.15) is 0 Å². The number of rotatable bonds is 3. The molecule has 4 rings (SSSR count). The number of aromatic nitrogens is 1. The highest BCUT2D eigenvalue weighted by Gasteiger charge is 2.53. The molecule has 2 N–H and O–H groups in total. The SMILES string of the molecule is C=CC[C@H]1C(=O)C(C)(C)[C@@H](O)CC(=O)OC(c2ccc3sc(C)nc3c2)CC2O[C@]2(C)CCC[C@H](C)C1O. The third-order valence-electron chi connectivity index (χ3n) is 8.54. The number of Topliss-reactive ketones (excluding diaryl/α,β-unsaturated/α-hetero) is 1. The van der Waals surface area contributed by atoms with Gasteiger partial charge >= 0.3 is 5.97 Å². The number of aliphatic hydroxyl groups is 2. The zero-order chi connectivity index (χ0) is 27.8. The molecule has 3 heterocycles. The second-order valence-electron chi connectivity index (χ2n) is 11.9. The van der Waals surface area contributed by atoms with Crippen molar-refractivity contribution < 1.29 is 29.3 Å². The summed E-state index contributed by atoms with van der Waals surface area (Å²) in [6.07, 6.45) is 1.71. The van der Waals surface area contributed by atoms with Gasteiger partial charge < -0.3 is 19.7 Å². The average Bonchev–Trinajstić information content (AvgIpc) is 3.32. The fraction of sp³-hybridized carbons (Fsp3) is 0.633. The summed E-state index contributed by atoms with van der Waals surface area (Å²) in [5.41, 5.74) is 0.115. The Bertz CT molecular complexity index is 1190. The van der Waals surface area contributed by atoms with Crippen molar-refractivity contribution >= 4 is 33.3 Å². The maximum atomic E-state index is 13.6. The summed E-state index contributed by atoms with van der Waals surface area (Å²) >= 11 is 1.61. The highest BCUT2D eigenvalue weighted by molar-refractivity contribution is 7.18. The van der Waals surface area contributed by atoms with Crippen molar-refractivity contribution in [3.8, 4) is 0 Å². The normalized spacial score (nSPS) is 34.9. The average molecular weight is 544 g/mol. The van der Waals surface area contributed by atoms with Crippen LogP contribution in [0.4, 0.5) is 0 Å². The number of carbonyl (C=O) groups is 2. The highest BCUT2D eigenvalue weighted by Crippen LogP contribution is 2.47. The van der Waals surface area contributed by atoms with Crippen molar-refractivity contribution in [2.24, 2.45) is 17.3 Å². The largest absolute Gasteiger partial charge is 0.457 e. The van der Waals surface area contributed by atoms with E-state index in [1.165, 1.54) is 0 Å². The minimum atomic E-state index is -1.27. The summed E-state index contributed by atoms with van der Waals surface area (Å²) in [5.74, 6) is -1.68. The number of ketones is 1. The lowest BCUT2D eigenvalue weighted by Gasteiger charge is -2.35. The molecule has 0 aliphatic carbocycles. The Morgan fingerprint density at radius 3 is 2.68 bits per heavy atom. The molecule has 2 aliphatic heterocycles. The van der Waals surface area contributed by atoms with Gasteiger partial charge in [0.05, 0.1) is 51.0 Å². The van der Waals surface area contributed by atoms with E-state index in [0.717, 1.165) is 40.1 Å².